The van der Waals surface area contributed by atoms with E-state index < -0.39 is 23.8 Å². The van der Waals surface area contributed by atoms with Gasteiger partial charge < -0.3 is 25.8 Å². The summed E-state index contributed by atoms with van der Waals surface area (Å²) in [7, 11) is 1.58. The maximum atomic E-state index is 12.5. The van der Waals surface area contributed by atoms with E-state index in [1.807, 2.05) is 12.1 Å². The van der Waals surface area contributed by atoms with Crippen LogP contribution >= 0.6 is 0 Å². The van der Waals surface area contributed by atoms with E-state index in [0.29, 0.717) is 6.54 Å². The van der Waals surface area contributed by atoms with Gasteiger partial charge in [0.15, 0.2) is 0 Å². The zero-order chi connectivity index (χ0) is 20.5. The van der Waals surface area contributed by atoms with E-state index >= 15 is 0 Å². The zero-order valence-electron chi connectivity index (χ0n) is 15.7. The first-order valence-electron chi connectivity index (χ1n) is 8.68. The highest BCUT2D eigenvalue weighted by Gasteiger charge is 2.18. The van der Waals surface area contributed by atoms with Crippen LogP contribution in [0.1, 0.15) is 22.8 Å². The minimum atomic E-state index is -0.920. The summed E-state index contributed by atoms with van der Waals surface area (Å²) < 4.78 is 5.09. The lowest BCUT2D eigenvalue weighted by molar-refractivity contribution is -0.136. The van der Waals surface area contributed by atoms with Gasteiger partial charge >= 0.3 is 11.8 Å². The van der Waals surface area contributed by atoms with Crippen molar-refractivity contribution in [1.82, 2.24) is 10.6 Å². The van der Waals surface area contributed by atoms with Gasteiger partial charge in [-0.15, -0.1) is 0 Å². The summed E-state index contributed by atoms with van der Waals surface area (Å²) in [4.78, 5) is 36.2. The van der Waals surface area contributed by atoms with Gasteiger partial charge in [0.25, 0.3) is 5.91 Å². The number of nitrogens with one attached hydrogen (secondary N) is 3. The van der Waals surface area contributed by atoms with Crippen LogP contribution < -0.4 is 20.7 Å². The van der Waals surface area contributed by atoms with E-state index in [4.69, 9.17) is 9.84 Å². The van der Waals surface area contributed by atoms with Crippen molar-refractivity contribution in [2.45, 2.75) is 19.6 Å². The van der Waals surface area contributed by atoms with Crippen molar-refractivity contribution >= 4 is 23.4 Å². The summed E-state index contributed by atoms with van der Waals surface area (Å²) in [6.45, 7) is 1.73. The molecule has 4 N–H and O–H groups in total. The smallest absolute Gasteiger partial charge is 0.313 e. The molecule has 0 bridgehead atoms. The Kier molecular flexibility index (Phi) is 7.53. The Balaban J connectivity index is 2.00. The van der Waals surface area contributed by atoms with Crippen LogP contribution in [0.25, 0.3) is 0 Å². The zero-order valence-corrected chi connectivity index (χ0v) is 15.7. The molecule has 0 aromatic heterocycles. The monoisotopic (exact) mass is 385 g/mol. The van der Waals surface area contributed by atoms with E-state index in [0.717, 1.165) is 11.3 Å². The first-order chi connectivity index (χ1) is 13.4. The minimum Gasteiger partial charge on any atom is -0.497 e. The Hall–Kier alpha value is -3.39. The Morgan fingerprint density at radius 2 is 1.68 bits per heavy atom. The standard InChI is InChI=1S/C20H23N3O5/c1-13(24)11-21-19(26)20(27)23-17-6-4-3-5-16(17)18(25)22-12-14-7-9-15(28-2)10-8-14/h3-10,13,24H,11-12H2,1-2H3,(H,21,26)(H,22,25)(H,23,27)/t13-/m0/s1. The third-order valence-corrected chi connectivity index (χ3v) is 3.80. The number of amides is 3. The van der Waals surface area contributed by atoms with Gasteiger partial charge in [0.2, 0.25) is 0 Å². The number of methoxy groups -OCH3 is 1. The number of ether oxygens (including phenoxy) is 1. The number of carbonyl (C=O) groups excluding carboxylic acids is 3. The number of benzene rings is 2. The van der Waals surface area contributed by atoms with E-state index in [1.165, 1.54) is 13.0 Å². The van der Waals surface area contributed by atoms with E-state index in [9.17, 15) is 14.4 Å². The fourth-order valence-corrected chi connectivity index (χ4v) is 2.31. The number of hydrogen-bond donors (Lipinski definition) is 4. The Morgan fingerprint density at radius 1 is 1.00 bits per heavy atom. The number of aliphatic hydroxyl groups excluding tert-OH is 1. The molecule has 0 saturated carbocycles. The van der Waals surface area contributed by atoms with Gasteiger partial charge in [0, 0.05) is 13.1 Å². The number of anilines is 1. The molecule has 0 saturated heterocycles. The van der Waals surface area contributed by atoms with Crippen molar-refractivity contribution in [3.8, 4) is 5.75 Å². The van der Waals surface area contributed by atoms with Crippen LogP contribution in [0.5, 0.6) is 5.75 Å². The van der Waals surface area contributed by atoms with Crippen LogP contribution in [-0.4, -0.2) is 42.6 Å². The number of carbonyl (C=O) groups is 3. The van der Waals surface area contributed by atoms with Gasteiger partial charge in [0.1, 0.15) is 5.75 Å². The molecule has 0 aliphatic rings. The lowest BCUT2D eigenvalue weighted by Gasteiger charge is -2.12. The SMILES string of the molecule is COc1ccc(CNC(=O)c2ccccc2NC(=O)C(=O)NC[C@H](C)O)cc1. The molecule has 0 aliphatic heterocycles. The average Bonchev–Trinajstić information content (AvgIpc) is 2.70. The van der Waals surface area contributed by atoms with Crippen molar-refractivity contribution < 1.29 is 24.2 Å². The van der Waals surface area contributed by atoms with Gasteiger partial charge in [-0.25, -0.2) is 0 Å². The van der Waals surface area contributed by atoms with Gasteiger partial charge in [-0.05, 0) is 36.8 Å². The lowest BCUT2D eigenvalue weighted by Crippen LogP contribution is -2.39. The molecule has 8 heteroatoms. The van der Waals surface area contributed by atoms with Crippen LogP contribution in [0.2, 0.25) is 0 Å². The van der Waals surface area contributed by atoms with Crippen LogP contribution in [0, 0.1) is 0 Å². The molecule has 1 atom stereocenters. The average molecular weight is 385 g/mol. The second-order valence-electron chi connectivity index (χ2n) is 6.09. The highest BCUT2D eigenvalue weighted by molar-refractivity contribution is 6.40. The summed E-state index contributed by atoms with van der Waals surface area (Å²) >= 11 is 0. The molecule has 2 rings (SSSR count). The summed E-state index contributed by atoms with van der Waals surface area (Å²) in [5.74, 6) is -1.49. The maximum Gasteiger partial charge on any atom is 0.313 e. The van der Waals surface area contributed by atoms with E-state index in [-0.39, 0.29) is 17.8 Å². The molecule has 148 valence electrons. The predicted molar refractivity (Wildman–Crippen MR) is 104 cm³/mol. The Morgan fingerprint density at radius 3 is 2.32 bits per heavy atom. The summed E-state index contributed by atoms with van der Waals surface area (Å²) in [6, 6.07) is 13.6. The first kappa shape index (κ1) is 20.9. The molecule has 2 aromatic carbocycles. The van der Waals surface area contributed by atoms with Crippen LogP contribution in [0.15, 0.2) is 48.5 Å². The molecule has 3 amide bonds. The number of hydrogen-bond acceptors (Lipinski definition) is 5. The second kappa shape index (κ2) is 10.1. The third kappa shape index (κ3) is 6.10. The van der Waals surface area contributed by atoms with Crippen LogP contribution in [-0.2, 0) is 16.1 Å². The van der Waals surface area contributed by atoms with Gasteiger partial charge in [0.05, 0.1) is 24.5 Å². The van der Waals surface area contributed by atoms with Crippen molar-refractivity contribution in [2.24, 2.45) is 0 Å². The fourth-order valence-electron chi connectivity index (χ4n) is 2.31. The van der Waals surface area contributed by atoms with Crippen molar-refractivity contribution in [2.75, 3.05) is 19.0 Å². The normalized spacial score (nSPS) is 11.2. The minimum absolute atomic E-state index is 0.0454. The third-order valence-electron chi connectivity index (χ3n) is 3.80. The van der Waals surface area contributed by atoms with Crippen molar-refractivity contribution in [1.29, 1.82) is 0 Å². The number of rotatable bonds is 7. The molecule has 2 aromatic rings. The molecule has 8 nitrogen and oxygen atoms in total. The maximum absolute atomic E-state index is 12.5. The number of aliphatic hydroxyl groups is 1. The number of para-hydroxylation sites is 1. The largest absolute Gasteiger partial charge is 0.497 e. The summed E-state index contributed by atoms with van der Waals surface area (Å²) in [5.41, 5.74) is 1.33. The molecule has 0 aliphatic carbocycles. The first-order valence-corrected chi connectivity index (χ1v) is 8.68. The fraction of sp³-hybridized carbons (Fsp3) is 0.250. The van der Waals surface area contributed by atoms with Crippen molar-refractivity contribution in [3.63, 3.8) is 0 Å². The molecular weight excluding hydrogens is 362 g/mol. The van der Waals surface area contributed by atoms with Gasteiger partial charge in [-0.1, -0.05) is 24.3 Å². The Bertz CT molecular complexity index is 834. The van der Waals surface area contributed by atoms with Crippen molar-refractivity contribution in [3.05, 3.63) is 59.7 Å². The van der Waals surface area contributed by atoms with E-state index in [2.05, 4.69) is 16.0 Å². The predicted octanol–water partition coefficient (Wildman–Crippen LogP) is 1.06. The molecule has 28 heavy (non-hydrogen) atoms. The van der Waals surface area contributed by atoms with E-state index in [1.54, 1.807) is 37.4 Å². The molecule has 0 spiro atoms. The Labute approximate surface area is 162 Å². The molecule has 0 unspecified atom stereocenters. The molecule has 0 heterocycles. The summed E-state index contributed by atoms with van der Waals surface area (Å²) in [5, 5.41) is 16.6. The highest BCUT2D eigenvalue weighted by atomic mass is 16.5. The topological polar surface area (TPSA) is 117 Å². The summed E-state index contributed by atoms with van der Waals surface area (Å²) in [6.07, 6.45) is -0.771. The van der Waals surface area contributed by atoms with Crippen LogP contribution in [0.4, 0.5) is 5.69 Å². The molecular formula is C20H23N3O5. The highest BCUT2D eigenvalue weighted by Crippen LogP contribution is 2.16. The second-order valence-corrected chi connectivity index (χ2v) is 6.09. The molecule has 0 radical (unpaired) electrons. The molecule has 0 fully saturated rings. The van der Waals surface area contributed by atoms with Crippen LogP contribution in [0.3, 0.4) is 0 Å². The van der Waals surface area contributed by atoms with Gasteiger partial charge in [-0.3, -0.25) is 14.4 Å². The lowest BCUT2D eigenvalue weighted by atomic mass is 10.1. The quantitative estimate of drug-likeness (QED) is 0.532. The van der Waals surface area contributed by atoms with Gasteiger partial charge in [-0.2, -0.15) is 0 Å².